The number of hydrogen-bond donors (Lipinski definition) is 2. The van der Waals surface area contributed by atoms with Crippen molar-refractivity contribution in [1.29, 1.82) is 0 Å². The Morgan fingerprint density at radius 3 is 2.95 bits per heavy atom. The average molecular weight is 266 g/mol. The van der Waals surface area contributed by atoms with E-state index in [-0.39, 0.29) is 0 Å². The summed E-state index contributed by atoms with van der Waals surface area (Å²) < 4.78 is 10.4. The molecule has 6 nitrogen and oxygen atoms in total. The minimum Gasteiger partial charge on any atom is -0.478 e. The molecule has 1 heterocycles. The normalized spacial score (nSPS) is 11.2. The summed E-state index contributed by atoms with van der Waals surface area (Å²) in [6.07, 6.45) is 1.72. The summed E-state index contributed by atoms with van der Waals surface area (Å²) in [5.74, 6) is 1.38. The summed E-state index contributed by atoms with van der Waals surface area (Å²) in [6.45, 7) is 4.50. The molecular weight excluding hydrogens is 244 g/mol. The Bertz CT molecular complexity index is 396. The first-order valence-electron chi connectivity index (χ1n) is 6.32. The van der Waals surface area contributed by atoms with Gasteiger partial charge in [0.1, 0.15) is 0 Å². The van der Waals surface area contributed by atoms with Crippen LogP contribution in [0.1, 0.15) is 12.5 Å². The monoisotopic (exact) mass is 266 g/mol. The van der Waals surface area contributed by atoms with Gasteiger partial charge >= 0.3 is 0 Å². The minimum atomic E-state index is 0.602. The first-order chi connectivity index (χ1) is 9.31. The van der Waals surface area contributed by atoms with Crippen LogP contribution in [0.2, 0.25) is 0 Å². The van der Waals surface area contributed by atoms with E-state index in [0.717, 1.165) is 11.5 Å². The molecule has 2 N–H and O–H groups in total. The SMILES string of the molecule is CCOc1ncccc1CNC(=NC)NCCOC. The molecule has 19 heavy (non-hydrogen) atoms. The predicted octanol–water partition coefficient (Wildman–Crippen LogP) is 0.792. The molecule has 0 saturated heterocycles. The molecule has 0 aliphatic carbocycles. The van der Waals surface area contributed by atoms with Crippen molar-refractivity contribution in [1.82, 2.24) is 15.6 Å². The van der Waals surface area contributed by atoms with E-state index in [9.17, 15) is 0 Å². The zero-order valence-electron chi connectivity index (χ0n) is 11.8. The van der Waals surface area contributed by atoms with Gasteiger partial charge in [-0.1, -0.05) is 6.07 Å². The van der Waals surface area contributed by atoms with Crippen LogP contribution in [0, 0.1) is 0 Å². The fraction of sp³-hybridized carbons (Fsp3) is 0.538. The van der Waals surface area contributed by atoms with Crippen molar-refractivity contribution >= 4 is 5.96 Å². The van der Waals surface area contributed by atoms with Crippen LogP contribution in [0.25, 0.3) is 0 Å². The number of aliphatic imine (C=N–C) groups is 1. The lowest BCUT2D eigenvalue weighted by Crippen LogP contribution is -2.38. The molecule has 1 rings (SSSR count). The van der Waals surface area contributed by atoms with Crippen molar-refractivity contribution in [2.24, 2.45) is 4.99 Å². The Morgan fingerprint density at radius 1 is 1.42 bits per heavy atom. The van der Waals surface area contributed by atoms with E-state index in [0.29, 0.717) is 32.2 Å². The molecule has 106 valence electrons. The van der Waals surface area contributed by atoms with E-state index in [4.69, 9.17) is 9.47 Å². The second-order valence-corrected chi connectivity index (χ2v) is 3.75. The van der Waals surface area contributed by atoms with Crippen LogP contribution < -0.4 is 15.4 Å². The van der Waals surface area contributed by atoms with Gasteiger partial charge in [0.25, 0.3) is 0 Å². The standard InChI is InChI=1S/C13H22N4O2/c1-4-19-12-11(6-5-7-15-12)10-17-13(14-2)16-8-9-18-3/h5-7H,4,8-10H2,1-3H3,(H2,14,16,17). The van der Waals surface area contributed by atoms with Crippen molar-refractivity contribution in [2.75, 3.05) is 33.9 Å². The maximum Gasteiger partial charge on any atom is 0.218 e. The molecule has 0 bridgehead atoms. The van der Waals surface area contributed by atoms with Gasteiger partial charge in [-0.3, -0.25) is 4.99 Å². The second-order valence-electron chi connectivity index (χ2n) is 3.75. The molecule has 0 spiro atoms. The molecule has 0 atom stereocenters. The topological polar surface area (TPSA) is 67.8 Å². The van der Waals surface area contributed by atoms with Crippen LogP contribution >= 0.6 is 0 Å². The maximum atomic E-state index is 5.47. The van der Waals surface area contributed by atoms with E-state index in [1.165, 1.54) is 0 Å². The van der Waals surface area contributed by atoms with Gasteiger partial charge < -0.3 is 20.1 Å². The van der Waals surface area contributed by atoms with E-state index in [1.54, 1.807) is 20.4 Å². The highest BCUT2D eigenvalue weighted by atomic mass is 16.5. The molecule has 0 aliphatic rings. The largest absolute Gasteiger partial charge is 0.478 e. The lowest BCUT2D eigenvalue weighted by Gasteiger charge is -2.13. The first kappa shape index (κ1) is 15.2. The van der Waals surface area contributed by atoms with Crippen molar-refractivity contribution in [3.05, 3.63) is 23.9 Å². The Kier molecular flexibility index (Phi) is 7.34. The maximum absolute atomic E-state index is 5.47. The number of nitrogens with zero attached hydrogens (tertiary/aromatic N) is 2. The average Bonchev–Trinajstić information content (AvgIpc) is 2.44. The van der Waals surface area contributed by atoms with E-state index < -0.39 is 0 Å². The fourth-order valence-corrected chi connectivity index (χ4v) is 1.50. The lowest BCUT2D eigenvalue weighted by atomic mass is 10.2. The number of nitrogens with one attached hydrogen (secondary N) is 2. The van der Waals surface area contributed by atoms with Crippen LogP contribution in [-0.4, -0.2) is 44.9 Å². The van der Waals surface area contributed by atoms with Crippen LogP contribution in [-0.2, 0) is 11.3 Å². The third-order valence-corrected chi connectivity index (χ3v) is 2.40. The van der Waals surface area contributed by atoms with Gasteiger partial charge in [-0.05, 0) is 13.0 Å². The van der Waals surface area contributed by atoms with Gasteiger partial charge in [0, 0.05) is 39.0 Å². The highest BCUT2D eigenvalue weighted by molar-refractivity contribution is 5.79. The third kappa shape index (κ3) is 5.56. The number of methoxy groups -OCH3 is 1. The summed E-state index contributed by atoms with van der Waals surface area (Å²) >= 11 is 0. The van der Waals surface area contributed by atoms with Crippen LogP contribution in [0.15, 0.2) is 23.3 Å². The van der Waals surface area contributed by atoms with Crippen LogP contribution in [0.3, 0.4) is 0 Å². The molecule has 0 saturated carbocycles. The molecule has 6 heteroatoms. The highest BCUT2D eigenvalue weighted by Crippen LogP contribution is 2.13. The molecule has 0 unspecified atom stereocenters. The van der Waals surface area contributed by atoms with E-state index >= 15 is 0 Å². The number of hydrogen-bond acceptors (Lipinski definition) is 4. The number of rotatable bonds is 7. The lowest BCUT2D eigenvalue weighted by molar-refractivity contribution is 0.203. The highest BCUT2D eigenvalue weighted by Gasteiger charge is 2.04. The number of aromatic nitrogens is 1. The Hall–Kier alpha value is -1.82. The molecule has 0 radical (unpaired) electrons. The summed E-state index contributed by atoms with van der Waals surface area (Å²) in [6, 6.07) is 3.87. The Balaban J connectivity index is 2.50. The summed E-state index contributed by atoms with van der Waals surface area (Å²) in [7, 11) is 3.40. The first-order valence-corrected chi connectivity index (χ1v) is 6.32. The second kappa shape index (κ2) is 9.16. The fourth-order valence-electron chi connectivity index (χ4n) is 1.50. The molecule has 1 aromatic rings. The number of pyridine rings is 1. The van der Waals surface area contributed by atoms with Crippen LogP contribution in [0.5, 0.6) is 5.88 Å². The molecule has 0 aliphatic heterocycles. The van der Waals surface area contributed by atoms with Gasteiger partial charge in [-0.15, -0.1) is 0 Å². The predicted molar refractivity (Wildman–Crippen MR) is 75.5 cm³/mol. The molecular formula is C13H22N4O2. The number of guanidine groups is 1. The summed E-state index contributed by atoms with van der Waals surface area (Å²) in [5, 5.41) is 6.35. The van der Waals surface area contributed by atoms with Crippen molar-refractivity contribution in [3.8, 4) is 5.88 Å². The van der Waals surface area contributed by atoms with Gasteiger partial charge in [0.2, 0.25) is 5.88 Å². The zero-order chi connectivity index (χ0) is 13.9. The summed E-state index contributed by atoms with van der Waals surface area (Å²) in [4.78, 5) is 8.33. The molecule has 0 aromatic carbocycles. The van der Waals surface area contributed by atoms with Crippen molar-refractivity contribution in [3.63, 3.8) is 0 Å². The summed E-state index contributed by atoms with van der Waals surface area (Å²) in [5.41, 5.74) is 0.999. The van der Waals surface area contributed by atoms with E-state index in [2.05, 4.69) is 20.6 Å². The minimum absolute atomic E-state index is 0.602. The Morgan fingerprint density at radius 2 is 2.26 bits per heavy atom. The molecule has 1 aromatic heterocycles. The zero-order valence-corrected chi connectivity index (χ0v) is 11.8. The quantitative estimate of drug-likeness (QED) is 0.434. The smallest absolute Gasteiger partial charge is 0.218 e. The van der Waals surface area contributed by atoms with Gasteiger partial charge in [0.15, 0.2) is 5.96 Å². The Labute approximate surface area is 114 Å². The van der Waals surface area contributed by atoms with Crippen molar-refractivity contribution < 1.29 is 9.47 Å². The van der Waals surface area contributed by atoms with Gasteiger partial charge in [-0.25, -0.2) is 4.98 Å². The molecule has 0 amide bonds. The third-order valence-electron chi connectivity index (χ3n) is 2.40. The van der Waals surface area contributed by atoms with Gasteiger partial charge in [0.05, 0.1) is 13.2 Å². The molecule has 0 fully saturated rings. The van der Waals surface area contributed by atoms with E-state index in [1.807, 2.05) is 19.1 Å². The van der Waals surface area contributed by atoms with Crippen LogP contribution in [0.4, 0.5) is 0 Å². The van der Waals surface area contributed by atoms with Gasteiger partial charge in [-0.2, -0.15) is 0 Å². The van der Waals surface area contributed by atoms with Crippen molar-refractivity contribution in [2.45, 2.75) is 13.5 Å². The number of ether oxygens (including phenoxy) is 2.